The predicted molar refractivity (Wildman–Crippen MR) is 151 cm³/mol. The van der Waals surface area contributed by atoms with Crippen LogP contribution in [0.3, 0.4) is 0 Å². The highest BCUT2D eigenvalue weighted by Gasteiger charge is 2.33. The van der Waals surface area contributed by atoms with Crippen molar-refractivity contribution in [3.8, 4) is 17.1 Å². The molecule has 0 unspecified atom stereocenters. The van der Waals surface area contributed by atoms with E-state index in [0.29, 0.717) is 50.0 Å². The molecule has 208 valence electrons. The highest BCUT2D eigenvalue weighted by Crippen LogP contribution is 2.31. The van der Waals surface area contributed by atoms with Crippen molar-refractivity contribution < 1.29 is 28.6 Å². The van der Waals surface area contributed by atoms with Gasteiger partial charge in [0.15, 0.2) is 4.80 Å². The van der Waals surface area contributed by atoms with Crippen molar-refractivity contribution >= 4 is 29.4 Å². The first-order valence-corrected chi connectivity index (χ1v) is 13.6. The van der Waals surface area contributed by atoms with Gasteiger partial charge in [-0.2, -0.15) is 0 Å². The van der Waals surface area contributed by atoms with E-state index in [-0.39, 0.29) is 23.3 Å². The number of allylic oxidation sites excluding steroid dienone is 1. The quantitative estimate of drug-likeness (QED) is 0.224. The SMILES string of the molecule is C=CCOc1ccc([C@H]2C(C(=O)OCC)=C(C)N=c3s/c(=C\c4ccc(-c5ccc(C(=O)[O-])cc5)o4)c(=O)n32)cc1. The molecular weight excluding hydrogens is 544 g/mol. The Kier molecular flexibility index (Phi) is 7.84. The van der Waals surface area contributed by atoms with Gasteiger partial charge in [-0.3, -0.25) is 9.36 Å². The summed E-state index contributed by atoms with van der Waals surface area (Å²) in [6, 6.07) is 16.0. The molecule has 0 aliphatic carbocycles. The van der Waals surface area contributed by atoms with E-state index in [4.69, 9.17) is 13.9 Å². The van der Waals surface area contributed by atoms with Crippen LogP contribution in [0.1, 0.15) is 41.6 Å². The van der Waals surface area contributed by atoms with Crippen molar-refractivity contribution in [2.45, 2.75) is 19.9 Å². The van der Waals surface area contributed by atoms with Gasteiger partial charge in [0.05, 0.1) is 34.4 Å². The number of aromatic carboxylic acids is 1. The first kappa shape index (κ1) is 27.6. The summed E-state index contributed by atoms with van der Waals surface area (Å²) in [5.74, 6) is -0.242. The number of hydrogen-bond acceptors (Lipinski definition) is 9. The molecule has 1 aliphatic rings. The first-order valence-electron chi connectivity index (χ1n) is 12.8. The summed E-state index contributed by atoms with van der Waals surface area (Å²) in [6.07, 6.45) is 3.26. The van der Waals surface area contributed by atoms with Gasteiger partial charge in [-0.15, -0.1) is 0 Å². The smallest absolute Gasteiger partial charge is 0.338 e. The second-order valence-corrected chi connectivity index (χ2v) is 10.0. The van der Waals surface area contributed by atoms with Gasteiger partial charge in [-0.25, -0.2) is 9.79 Å². The van der Waals surface area contributed by atoms with Crippen LogP contribution in [0.15, 0.2) is 98.8 Å². The van der Waals surface area contributed by atoms with Gasteiger partial charge in [-0.05, 0) is 49.2 Å². The van der Waals surface area contributed by atoms with Crippen LogP contribution >= 0.6 is 11.3 Å². The molecule has 2 aromatic heterocycles. The molecule has 5 rings (SSSR count). The number of ether oxygens (including phenoxy) is 2. The molecule has 0 radical (unpaired) electrons. The third-order valence-corrected chi connectivity index (χ3v) is 7.37. The van der Waals surface area contributed by atoms with Crippen LogP contribution in [0.2, 0.25) is 0 Å². The van der Waals surface area contributed by atoms with Crippen LogP contribution in [0.25, 0.3) is 17.4 Å². The largest absolute Gasteiger partial charge is 0.545 e. The van der Waals surface area contributed by atoms with E-state index in [9.17, 15) is 19.5 Å². The fourth-order valence-electron chi connectivity index (χ4n) is 4.49. The van der Waals surface area contributed by atoms with E-state index >= 15 is 0 Å². The Morgan fingerprint density at radius 3 is 2.51 bits per heavy atom. The van der Waals surface area contributed by atoms with E-state index in [2.05, 4.69) is 11.6 Å². The van der Waals surface area contributed by atoms with Crippen LogP contribution < -0.4 is 24.7 Å². The Morgan fingerprint density at radius 1 is 1.12 bits per heavy atom. The minimum Gasteiger partial charge on any atom is -0.545 e. The molecule has 4 aromatic rings. The standard InChI is InChI=1S/C31H26N2O7S/c1-4-16-39-22-12-10-20(11-13-22)27-26(30(37)38-5-2)18(3)32-31-33(27)28(34)25(41-31)17-23-14-15-24(40-23)19-6-8-21(9-7-19)29(35)36/h4,6-15,17,27H,1,5,16H2,2-3H3,(H,35,36)/p-1/b25-17-/t27-/m0/s1. The molecule has 0 saturated carbocycles. The molecule has 0 amide bonds. The number of fused-ring (bicyclic) bond motifs is 1. The van der Waals surface area contributed by atoms with Crippen LogP contribution in [-0.2, 0) is 9.53 Å². The molecule has 2 aromatic carbocycles. The molecular formula is C31H25N2O7S-. The second-order valence-electron chi connectivity index (χ2n) is 9.04. The van der Waals surface area contributed by atoms with Crippen molar-refractivity contribution in [1.82, 2.24) is 4.57 Å². The summed E-state index contributed by atoms with van der Waals surface area (Å²) in [5, 5.41) is 11.0. The molecule has 9 nitrogen and oxygen atoms in total. The zero-order chi connectivity index (χ0) is 29.1. The van der Waals surface area contributed by atoms with Crippen LogP contribution in [-0.4, -0.2) is 29.7 Å². The molecule has 0 fully saturated rings. The first-order chi connectivity index (χ1) is 19.8. The molecule has 0 spiro atoms. The van der Waals surface area contributed by atoms with Crippen LogP contribution in [0.5, 0.6) is 5.75 Å². The lowest BCUT2D eigenvalue weighted by molar-refractivity contribution is -0.255. The topological polar surface area (TPSA) is 123 Å². The third-order valence-electron chi connectivity index (χ3n) is 6.39. The van der Waals surface area contributed by atoms with Gasteiger partial charge in [-0.1, -0.05) is 60.4 Å². The highest BCUT2D eigenvalue weighted by atomic mass is 32.1. The highest BCUT2D eigenvalue weighted by molar-refractivity contribution is 7.07. The summed E-state index contributed by atoms with van der Waals surface area (Å²) in [5.41, 5.74) is 1.84. The van der Waals surface area contributed by atoms with Gasteiger partial charge >= 0.3 is 5.97 Å². The van der Waals surface area contributed by atoms with Gasteiger partial charge < -0.3 is 23.8 Å². The Labute approximate surface area is 238 Å². The van der Waals surface area contributed by atoms with Gasteiger partial charge in [0.1, 0.15) is 23.9 Å². The molecule has 0 saturated heterocycles. The van der Waals surface area contributed by atoms with Crippen molar-refractivity contribution in [3.63, 3.8) is 0 Å². The number of rotatable bonds is 9. The fraction of sp³-hybridized carbons (Fsp3) is 0.161. The van der Waals surface area contributed by atoms with Crippen molar-refractivity contribution in [3.05, 3.63) is 121 Å². The number of esters is 1. The fourth-order valence-corrected chi connectivity index (χ4v) is 5.52. The van der Waals surface area contributed by atoms with E-state index < -0.39 is 18.0 Å². The molecule has 1 aliphatic heterocycles. The number of carboxylic acid groups (broad SMARTS) is 1. The van der Waals surface area contributed by atoms with Gasteiger partial charge in [0.25, 0.3) is 5.56 Å². The lowest BCUT2D eigenvalue weighted by atomic mass is 9.96. The Bertz CT molecular complexity index is 1840. The molecule has 10 heteroatoms. The maximum absolute atomic E-state index is 13.8. The summed E-state index contributed by atoms with van der Waals surface area (Å²) < 4.78 is 18.7. The monoisotopic (exact) mass is 569 g/mol. The van der Waals surface area contributed by atoms with Crippen molar-refractivity contribution in [2.75, 3.05) is 13.2 Å². The average molecular weight is 570 g/mol. The van der Waals surface area contributed by atoms with E-state index in [0.717, 1.165) is 0 Å². The van der Waals surface area contributed by atoms with Gasteiger partial charge in [0.2, 0.25) is 0 Å². The van der Waals surface area contributed by atoms with Crippen LogP contribution in [0.4, 0.5) is 0 Å². The summed E-state index contributed by atoms with van der Waals surface area (Å²) in [4.78, 5) is 42.9. The number of nitrogens with zero attached hydrogens (tertiary/aromatic N) is 2. The number of aromatic nitrogens is 1. The number of carbonyl (C=O) groups excluding carboxylic acids is 2. The normalized spacial score (nSPS) is 14.8. The zero-order valence-electron chi connectivity index (χ0n) is 22.3. The number of furan rings is 1. The maximum Gasteiger partial charge on any atom is 0.338 e. The number of hydrogen-bond donors (Lipinski definition) is 0. The van der Waals surface area contributed by atoms with Crippen molar-refractivity contribution in [1.29, 1.82) is 0 Å². The van der Waals surface area contributed by atoms with E-state index in [1.54, 1.807) is 62.4 Å². The van der Waals surface area contributed by atoms with E-state index in [1.165, 1.54) is 28.0 Å². The Hall–Kier alpha value is -4.96. The number of thiazole rings is 1. The second kappa shape index (κ2) is 11.6. The molecule has 1 atom stereocenters. The lowest BCUT2D eigenvalue weighted by Crippen LogP contribution is -2.39. The summed E-state index contributed by atoms with van der Waals surface area (Å²) >= 11 is 1.18. The third kappa shape index (κ3) is 5.55. The molecule has 41 heavy (non-hydrogen) atoms. The summed E-state index contributed by atoms with van der Waals surface area (Å²) in [6.45, 7) is 7.63. The van der Waals surface area contributed by atoms with E-state index in [1.807, 2.05) is 12.1 Å². The molecule has 3 heterocycles. The van der Waals surface area contributed by atoms with Crippen molar-refractivity contribution in [2.24, 2.45) is 4.99 Å². The minimum atomic E-state index is -1.26. The number of benzene rings is 2. The molecule has 0 bridgehead atoms. The predicted octanol–water partition coefficient (Wildman–Crippen LogP) is 2.99. The zero-order valence-corrected chi connectivity index (χ0v) is 23.1. The minimum absolute atomic E-state index is 0.0626. The number of carbonyl (C=O) groups is 2. The van der Waals surface area contributed by atoms with Crippen LogP contribution in [0, 0.1) is 0 Å². The van der Waals surface area contributed by atoms with Gasteiger partial charge in [0, 0.05) is 11.6 Å². The Morgan fingerprint density at radius 2 is 1.85 bits per heavy atom. The Balaban J connectivity index is 1.57. The summed E-state index contributed by atoms with van der Waals surface area (Å²) in [7, 11) is 0. The maximum atomic E-state index is 13.8. The lowest BCUT2D eigenvalue weighted by Gasteiger charge is -2.24. The molecule has 0 N–H and O–H groups in total. The number of carboxylic acids is 1. The average Bonchev–Trinajstić information content (AvgIpc) is 3.55.